The molecule has 1 aromatic carbocycles. The molecule has 0 unspecified atom stereocenters. The van der Waals surface area contributed by atoms with Crippen LogP contribution in [-0.2, 0) is 16.1 Å². The topological polar surface area (TPSA) is 56.3 Å². The number of Topliss-reactive ketones (excluding diaryl/α,β-unsaturated/α-hetero) is 1. The van der Waals surface area contributed by atoms with Gasteiger partial charge in [-0.15, -0.1) is 22.7 Å². The van der Waals surface area contributed by atoms with Gasteiger partial charge in [0.25, 0.3) is 0 Å². The molecule has 23 heavy (non-hydrogen) atoms. The predicted octanol–water partition coefficient (Wildman–Crippen LogP) is 4.72. The Labute approximate surface area is 145 Å². The summed E-state index contributed by atoms with van der Waals surface area (Å²) in [6.07, 6.45) is 0.175. The van der Waals surface area contributed by atoms with Gasteiger partial charge in [-0.1, -0.05) is 23.7 Å². The summed E-state index contributed by atoms with van der Waals surface area (Å²) in [6, 6.07) is 11.1. The van der Waals surface area contributed by atoms with E-state index in [0.717, 1.165) is 15.2 Å². The quantitative estimate of drug-likeness (QED) is 0.468. The molecule has 0 atom stereocenters. The van der Waals surface area contributed by atoms with Gasteiger partial charge in [0, 0.05) is 6.42 Å². The minimum Gasteiger partial charge on any atom is -0.458 e. The van der Waals surface area contributed by atoms with E-state index in [2.05, 4.69) is 4.98 Å². The third-order valence-corrected chi connectivity index (χ3v) is 5.38. The Morgan fingerprint density at radius 3 is 2.65 bits per heavy atom. The van der Waals surface area contributed by atoms with Gasteiger partial charge < -0.3 is 4.74 Å². The van der Waals surface area contributed by atoms with Crippen molar-refractivity contribution < 1.29 is 14.3 Å². The lowest BCUT2D eigenvalue weighted by Gasteiger charge is -2.01. The molecule has 3 rings (SSSR count). The first-order valence-electron chi connectivity index (χ1n) is 6.90. The van der Waals surface area contributed by atoms with Crippen LogP contribution in [0.25, 0.3) is 10.2 Å². The molecule has 0 spiro atoms. The first-order chi connectivity index (χ1) is 11.1. The first-order valence-corrected chi connectivity index (χ1v) is 8.91. The van der Waals surface area contributed by atoms with Crippen LogP contribution in [0.4, 0.5) is 0 Å². The molecule has 0 radical (unpaired) electrons. The van der Waals surface area contributed by atoms with Crippen LogP contribution in [0, 0.1) is 0 Å². The van der Waals surface area contributed by atoms with Crippen molar-refractivity contribution in [2.75, 3.05) is 0 Å². The molecule has 2 aromatic heterocycles. The van der Waals surface area contributed by atoms with E-state index in [0.29, 0.717) is 9.21 Å². The molecule has 0 aliphatic carbocycles. The zero-order valence-electron chi connectivity index (χ0n) is 12.0. The summed E-state index contributed by atoms with van der Waals surface area (Å²) in [6.45, 7) is 0.136. The van der Waals surface area contributed by atoms with E-state index in [-0.39, 0.29) is 25.2 Å². The van der Waals surface area contributed by atoms with E-state index >= 15 is 0 Å². The monoisotopic (exact) mass is 365 g/mol. The maximum Gasteiger partial charge on any atom is 0.306 e. The van der Waals surface area contributed by atoms with Gasteiger partial charge in [0.15, 0.2) is 5.78 Å². The van der Waals surface area contributed by atoms with Gasteiger partial charge >= 0.3 is 5.97 Å². The number of nitrogens with zero attached hydrogens (tertiary/aromatic N) is 1. The van der Waals surface area contributed by atoms with Crippen molar-refractivity contribution in [2.45, 2.75) is 19.4 Å². The Hall–Kier alpha value is -1.76. The number of carbonyl (C=O) groups excluding carboxylic acids is 2. The number of aromatic nitrogens is 1. The molecule has 0 aliphatic heterocycles. The standard InChI is InChI=1S/C16H12ClNO3S2/c17-14-7-6-13(22-14)11(19)5-8-16(20)21-9-15-18-10-3-1-2-4-12(10)23-15/h1-4,6-7H,5,8-9H2. The van der Waals surface area contributed by atoms with Crippen LogP contribution in [0.1, 0.15) is 27.5 Å². The molecule has 2 heterocycles. The first kappa shape index (κ1) is 16.1. The van der Waals surface area contributed by atoms with Gasteiger partial charge in [-0.25, -0.2) is 4.98 Å². The highest BCUT2D eigenvalue weighted by Gasteiger charge is 2.13. The van der Waals surface area contributed by atoms with Crippen molar-refractivity contribution in [3.8, 4) is 0 Å². The number of thiazole rings is 1. The molecule has 0 amide bonds. The highest BCUT2D eigenvalue weighted by atomic mass is 35.5. The highest BCUT2D eigenvalue weighted by Crippen LogP contribution is 2.24. The van der Waals surface area contributed by atoms with Crippen LogP contribution < -0.4 is 0 Å². The van der Waals surface area contributed by atoms with E-state index in [1.807, 2.05) is 24.3 Å². The Kier molecular flexibility index (Phi) is 5.05. The lowest BCUT2D eigenvalue weighted by atomic mass is 10.2. The summed E-state index contributed by atoms with van der Waals surface area (Å²) in [5, 5.41) is 0.746. The fraction of sp³-hybridized carbons (Fsp3) is 0.188. The van der Waals surface area contributed by atoms with E-state index in [1.165, 1.54) is 22.7 Å². The Morgan fingerprint density at radius 1 is 1.09 bits per heavy atom. The number of hydrogen-bond acceptors (Lipinski definition) is 6. The third kappa shape index (κ3) is 4.16. The molecule has 0 N–H and O–H groups in total. The lowest BCUT2D eigenvalue weighted by Crippen LogP contribution is -2.07. The Bertz CT molecular complexity index is 823. The molecule has 0 fully saturated rings. The number of rotatable bonds is 6. The fourth-order valence-corrected chi connectivity index (χ4v) is 3.89. The van der Waals surface area contributed by atoms with E-state index in [9.17, 15) is 9.59 Å². The Balaban J connectivity index is 1.48. The van der Waals surface area contributed by atoms with E-state index in [4.69, 9.17) is 16.3 Å². The average molecular weight is 366 g/mol. The number of halogens is 1. The number of hydrogen-bond donors (Lipinski definition) is 0. The Morgan fingerprint density at radius 2 is 1.91 bits per heavy atom. The second-order valence-corrected chi connectivity index (χ2v) is 7.59. The van der Waals surface area contributed by atoms with Crippen molar-refractivity contribution in [1.82, 2.24) is 4.98 Å². The molecular weight excluding hydrogens is 354 g/mol. The molecule has 3 aromatic rings. The number of ether oxygens (including phenoxy) is 1. The molecule has 118 valence electrons. The number of ketones is 1. The normalized spacial score (nSPS) is 10.8. The SMILES string of the molecule is O=C(CCC(=O)c1ccc(Cl)s1)OCc1nc2ccccc2s1. The average Bonchev–Trinajstić information content (AvgIpc) is 3.16. The molecular formula is C16H12ClNO3S2. The van der Waals surface area contributed by atoms with Crippen molar-refractivity contribution in [3.63, 3.8) is 0 Å². The van der Waals surface area contributed by atoms with E-state index in [1.54, 1.807) is 12.1 Å². The molecule has 0 aliphatic rings. The number of esters is 1. The van der Waals surface area contributed by atoms with Crippen molar-refractivity contribution in [2.24, 2.45) is 0 Å². The van der Waals surface area contributed by atoms with Gasteiger partial charge in [-0.05, 0) is 24.3 Å². The largest absolute Gasteiger partial charge is 0.458 e. The van der Waals surface area contributed by atoms with Crippen LogP contribution in [0.3, 0.4) is 0 Å². The maximum absolute atomic E-state index is 11.9. The van der Waals surface area contributed by atoms with Gasteiger partial charge in [-0.2, -0.15) is 0 Å². The van der Waals surface area contributed by atoms with Gasteiger partial charge in [0.05, 0.1) is 25.9 Å². The fourth-order valence-electron chi connectivity index (χ4n) is 2.00. The zero-order chi connectivity index (χ0) is 16.2. The summed E-state index contributed by atoms with van der Waals surface area (Å²) >= 11 is 8.50. The summed E-state index contributed by atoms with van der Waals surface area (Å²) in [4.78, 5) is 28.6. The summed E-state index contributed by atoms with van der Waals surface area (Å²) in [5.41, 5.74) is 0.897. The predicted molar refractivity (Wildman–Crippen MR) is 92.3 cm³/mol. The third-order valence-electron chi connectivity index (χ3n) is 3.10. The number of para-hydroxylation sites is 1. The van der Waals surface area contributed by atoms with E-state index < -0.39 is 5.97 Å². The van der Waals surface area contributed by atoms with Crippen LogP contribution in [0.2, 0.25) is 4.34 Å². The molecule has 0 saturated heterocycles. The van der Waals surface area contributed by atoms with Gasteiger partial charge in [-0.3, -0.25) is 9.59 Å². The number of fused-ring (bicyclic) bond motifs is 1. The second-order valence-electron chi connectivity index (χ2n) is 4.76. The molecule has 7 heteroatoms. The van der Waals surface area contributed by atoms with Crippen molar-refractivity contribution in [3.05, 3.63) is 50.6 Å². The zero-order valence-corrected chi connectivity index (χ0v) is 14.3. The van der Waals surface area contributed by atoms with Crippen LogP contribution in [-0.4, -0.2) is 16.7 Å². The molecule has 4 nitrogen and oxygen atoms in total. The van der Waals surface area contributed by atoms with Gasteiger partial charge in [0.1, 0.15) is 11.6 Å². The maximum atomic E-state index is 11.9. The minimum absolute atomic E-state index is 0.0548. The smallest absolute Gasteiger partial charge is 0.306 e. The summed E-state index contributed by atoms with van der Waals surface area (Å²) in [5.74, 6) is -0.501. The minimum atomic E-state index is -0.403. The van der Waals surface area contributed by atoms with Crippen LogP contribution in [0.15, 0.2) is 36.4 Å². The van der Waals surface area contributed by atoms with Crippen LogP contribution >= 0.6 is 34.3 Å². The van der Waals surface area contributed by atoms with Crippen molar-refractivity contribution in [1.29, 1.82) is 0 Å². The van der Waals surface area contributed by atoms with Crippen molar-refractivity contribution >= 4 is 56.2 Å². The number of carbonyl (C=O) groups is 2. The number of benzene rings is 1. The molecule has 0 saturated carbocycles. The van der Waals surface area contributed by atoms with Crippen LogP contribution in [0.5, 0.6) is 0 Å². The summed E-state index contributed by atoms with van der Waals surface area (Å²) in [7, 11) is 0. The second kappa shape index (κ2) is 7.21. The molecule has 0 bridgehead atoms. The summed E-state index contributed by atoms with van der Waals surface area (Å²) < 4.78 is 6.80. The van der Waals surface area contributed by atoms with Gasteiger partial charge in [0.2, 0.25) is 0 Å². The lowest BCUT2D eigenvalue weighted by molar-refractivity contribution is -0.144. The highest BCUT2D eigenvalue weighted by molar-refractivity contribution is 7.18. The number of thiophene rings is 1.